The highest BCUT2D eigenvalue weighted by Gasteiger charge is 2.51. The number of hydrogen-bond donors (Lipinski definition) is 4. The molecule has 4 atom stereocenters. The van der Waals surface area contributed by atoms with Crippen LogP contribution in [-0.2, 0) is 28.2 Å². The van der Waals surface area contributed by atoms with Gasteiger partial charge >= 0.3 is 13.8 Å². The van der Waals surface area contributed by atoms with Crippen molar-refractivity contribution in [3.63, 3.8) is 0 Å². The Morgan fingerprint density at radius 3 is 2.11 bits per heavy atom. The van der Waals surface area contributed by atoms with E-state index in [4.69, 9.17) is 14.5 Å². The van der Waals surface area contributed by atoms with Crippen molar-refractivity contribution in [3.8, 4) is 0 Å². The summed E-state index contributed by atoms with van der Waals surface area (Å²) in [4.78, 5) is 41.1. The second kappa shape index (κ2) is 17.7. The summed E-state index contributed by atoms with van der Waals surface area (Å²) in [5.41, 5.74) is 0. The zero-order valence-corrected chi connectivity index (χ0v) is 21.1. The van der Waals surface area contributed by atoms with Gasteiger partial charge in [-0.3, -0.25) is 9.32 Å². The Hall–Kier alpha value is -1.65. The number of hydrogen-bond acceptors (Lipinski definition) is 8. The van der Waals surface area contributed by atoms with Gasteiger partial charge in [0, 0.05) is 6.61 Å². The van der Waals surface area contributed by atoms with E-state index in [9.17, 15) is 24.4 Å². The summed E-state index contributed by atoms with van der Waals surface area (Å²) in [5.74, 6) is -2.54. The molecule has 1 fully saturated rings. The van der Waals surface area contributed by atoms with Crippen LogP contribution in [0, 0.1) is 0 Å². The molecule has 0 bridgehead atoms. The lowest BCUT2D eigenvalue weighted by Crippen LogP contribution is -2.43. The molecule has 11 heteroatoms. The first-order valence-electron chi connectivity index (χ1n) is 12.1. The fourth-order valence-electron chi connectivity index (χ4n) is 3.33. The lowest BCUT2D eigenvalue weighted by molar-refractivity contribution is -0.193. The van der Waals surface area contributed by atoms with E-state index in [2.05, 4.69) is 52.6 Å². The van der Waals surface area contributed by atoms with E-state index in [-0.39, 0.29) is 6.61 Å². The van der Waals surface area contributed by atoms with Gasteiger partial charge in [-0.05, 0) is 38.5 Å². The van der Waals surface area contributed by atoms with Gasteiger partial charge in [0.2, 0.25) is 11.9 Å². The molecule has 0 amide bonds. The summed E-state index contributed by atoms with van der Waals surface area (Å²) in [7, 11) is -5.12. The van der Waals surface area contributed by atoms with Crippen molar-refractivity contribution in [3.05, 3.63) is 36.5 Å². The highest BCUT2D eigenvalue weighted by atomic mass is 31.2. The van der Waals surface area contributed by atoms with Crippen molar-refractivity contribution >= 4 is 19.6 Å². The molecule has 4 N–H and O–H groups in total. The first-order valence-corrected chi connectivity index (χ1v) is 13.6. The molecule has 0 saturated carbocycles. The Balaban J connectivity index is 2.08. The molecule has 1 aliphatic rings. The topological polar surface area (TPSA) is 160 Å². The van der Waals surface area contributed by atoms with Crippen molar-refractivity contribution in [2.45, 2.75) is 95.7 Å². The quantitative estimate of drug-likeness (QED) is 0.0499. The van der Waals surface area contributed by atoms with Crippen LogP contribution in [0.25, 0.3) is 0 Å². The van der Waals surface area contributed by atoms with Gasteiger partial charge in [0.25, 0.3) is 0 Å². The van der Waals surface area contributed by atoms with Gasteiger partial charge in [0.15, 0.2) is 12.4 Å². The van der Waals surface area contributed by atoms with Crippen LogP contribution in [0.15, 0.2) is 36.5 Å². The SMILES string of the molecule is CCC=CCC=CCC=CCCCCCCCCOC(O)[C@H](O)[C@H]1OC(=O)C(OP(=O)(O)O)C1=O. The second-order valence-corrected chi connectivity index (χ2v) is 9.38. The van der Waals surface area contributed by atoms with Crippen molar-refractivity contribution in [1.82, 2.24) is 0 Å². The molecule has 0 aromatic rings. The minimum atomic E-state index is -5.12. The van der Waals surface area contributed by atoms with Crippen LogP contribution < -0.4 is 0 Å². The number of ether oxygens (including phenoxy) is 2. The van der Waals surface area contributed by atoms with E-state index in [1.807, 2.05) is 0 Å². The zero-order valence-electron chi connectivity index (χ0n) is 20.2. The van der Waals surface area contributed by atoms with E-state index in [1.165, 1.54) is 0 Å². The van der Waals surface area contributed by atoms with E-state index in [0.29, 0.717) is 6.42 Å². The Kier molecular flexibility index (Phi) is 15.9. The maximum atomic E-state index is 12.0. The number of esters is 1. The standard InChI is InChI=1S/C24H39O10P/c1-2-3-4-5-6-7-8-9-10-11-12-13-14-15-16-17-18-32-23(27)20(26)21-19(25)22(24(28)33-21)34-35(29,30)31/h3-4,6-7,9-10,20-23,26-27H,2,5,8,11-18H2,1H3,(H2,29,30,31)/t20-,21+,22?,23?/m1/s1. The van der Waals surface area contributed by atoms with Crippen LogP contribution in [0.1, 0.15) is 71.1 Å². The van der Waals surface area contributed by atoms with E-state index in [0.717, 1.165) is 57.8 Å². The lowest BCUT2D eigenvalue weighted by atomic mass is 10.1. The zero-order chi connectivity index (χ0) is 26.1. The van der Waals surface area contributed by atoms with E-state index >= 15 is 0 Å². The van der Waals surface area contributed by atoms with Gasteiger partial charge in [-0.25, -0.2) is 9.36 Å². The maximum absolute atomic E-state index is 12.0. The van der Waals surface area contributed by atoms with E-state index < -0.39 is 44.2 Å². The maximum Gasteiger partial charge on any atom is 0.470 e. The molecule has 200 valence electrons. The predicted octanol–water partition coefficient (Wildman–Crippen LogP) is 3.24. The van der Waals surface area contributed by atoms with Gasteiger partial charge in [-0.1, -0.05) is 69.1 Å². The smallest absolute Gasteiger partial charge is 0.449 e. The summed E-state index contributed by atoms with van der Waals surface area (Å²) in [5, 5.41) is 19.9. The number of Topliss-reactive ketones (excluding diaryl/α,β-unsaturated/α-hetero) is 1. The number of unbranched alkanes of at least 4 members (excludes halogenated alkanes) is 6. The van der Waals surface area contributed by atoms with Crippen LogP contribution in [0.4, 0.5) is 0 Å². The fraction of sp³-hybridized carbons (Fsp3) is 0.667. The summed E-state index contributed by atoms with van der Waals surface area (Å²) in [6, 6.07) is 0. The average molecular weight is 519 g/mol. The number of aliphatic hydroxyl groups excluding tert-OH is 2. The molecule has 0 aliphatic carbocycles. The number of allylic oxidation sites excluding steroid dienone is 6. The van der Waals surface area contributed by atoms with Gasteiger partial charge < -0.3 is 29.5 Å². The van der Waals surface area contributed by atoms with Gasteiger partial charge in [-0.2, -0.15) is 0 Å². The highest BCUT2D eigenvalue weighted by Crippen LogP contribution is 2.39. The Bertz CT molecular complexity index is 757. The van der Waals surface area contributed by atoms with Crippen LogP contribution in [0.3, 0.4) is 0 Å². The fourth-order valence-corrected chi connectivity index (χ4v) is 3.80. The predicted molar refractivity (Wildman–Crippen MR) is 129 cm³/mol. The summed E-state index contributed by atoms with van der Waals surface area (Å²) < 4.78 is 24.6. The van der Waals surface area contributed by atoms with Gasteiger partial charge in [0.05, 0.1) is 0 Å². The average Bonchev–Trinajstić information content (AvgIpc) is 3.07. The first-order chi connectivity index (χ1) is 16.7. The Morgan fingerprint density at radius 1 is 0.914 bits per heavy atom. The number of aliphatic hydroxyl groups is 2. The van der Waals surface area contributed by atoms with E-state index in [1.54, 1.807) is 0 Å². The minimum Gasteiger partial charge on any atom is -0.449 e. The van der Waals surface area contributed by atoms with Crippen LogP contribution >= 0.6 is 7.82 Å². The largest absolute Gasteiger partial charge is 0.470 e. The Labute approximate surface area is 206 Å². The molecular formula is C24H39O10P. The second-order valence-electron chi connectivity index (χ2n) is 8.19. The molecule has 1 heterocycles. The molecular weight excluding hydrogens is 479 g/mol. The lowest BCUT2D eigenvalue weighted by Gasteiger charge is -2.21. The molecule has 0 radical (unpaired) electrons. The molecule has 0 aromatic carbocycles. The van der Waals surface area contributed by atoms with Gasteiger partial charge in [0.1, 0.15) is 6.10 Å². The molecule has 1 aliphatic heterocycles. The third kappa shape index (κ3) is 13.9. The van der Waals surface area contributed by atoms with Crippen molar-refractivity contribution in [2.75, 3.05) is 6.61 Å². The molecule has 35 heavy (non-hydrogen) atoms. The number of ketones is 1. The van der Waals surface area contributed by atoms with Gasteiger partial charge in [-0.15, -0.1) is 0 Å². The number of carbonyl (C=O) groups excluding carboxylic acids is 2. The Morgan fingerprint density at radius 2 is 1.49 bits per heavy atom. The molecule has 1 rings (SSSR count). The summed E-state index contributed by atoms with van der Waals surface area (Å²) in [6.45, 7) is 2.25. The molecule has 1 saturated heterocycles. The number of phosphoric acid groups is 1. The number of cyclic esters (lactones) is 1. The molecule has 0 aromatic heterocycles. The van der Waals surface area contributed by atoms with Crippen molar-refractivity contribution < 1.29 is 48.2 Å². The number of carbonyl (C=O) groups is 2. The third-order valence-electron chi connectivity index (χ3n) is 5.17. The third-order valence-corrected chi connectivity index (χ3v) is 5.66. The van der Waals surface area contributed by atoms with Crippen LogP contribution in [0.5, 0.6) is 0 Å². The number of rotatable bonds is 19. The van der Waals surface area contributed by atoms with Crippen molar-refractivity contribution in [2.24, 2.45) is 0 Å². The summed E-state index contributed by atoms with van der Waals surface area (Å²) >= 11 is 0. The first kappa shape index (κ1) is 31.4. The van der Waals surface area contributed by atoms with Crippen molar-refractivity contribution in [1.29, 1.82) is 0 Å². The number of phosphoric ester groups is 1. The molecule has 0 spiro atoms. The highest BCUT2D eigenvalue weighted by molar-refractivity contribution is 7.46. The molecule has 10 nitrogen and oxygen atoms in total. The normalized spacial score (nSPS) is 20.9. The molecule has 2 unspecified atom stereocenters. The van der Waals surface area contributed by atoms with Crippen LogP contribution in [0.2, 0.25) is 0 Å². The summed E-state index contributed by atoms with van der Waals surface area (Å²) in [6.07, 6.45) is 15.3. The monoisotopic (exact) mass is 518 g/mol. The minimum absolute atomic E-state index is 0.125. The van der Waals surface area contributed by atoms with Crippen LogP contribution in [-0.4, -0.2) is 63.0 Å².